The van der Waals surface area contributed by atoms with Crippen molar-refractivity contribution in [2.45, 2.75) is 161 Å². The average Bonchev–Trinajstić information content (AvgIpc) is 2.99. The van der Waals surface area contributed by atoms with Gasteiger partial charge in [-0.1, -0.05) is 126 Å². The summed E-state index contributed by atoms with van der Waals surface area (Å²) in [5.74, 6) is 0. The van der Waals surface area contributed by atoms with E-state index < -0.39 is 0 Å². The fraction of sp³-hybridized carbons (Fsp3) is 0.700. The molecule has 1 aromatic carbocycles. The quantitative estimate of drug-likeness (QED) is 0.0464. The van der Waals surface area contributed by atoms with Crippen LogP contribution in [0.4, 0.5) is 0 Å². The van der Waals surface area contributed by atoms with E-state index in [0.29, 0.717) is 0 Å². The number of quaternary nitrogens is 1. The Morgan fingerprint density at radius 3 is 1.00 bits per heavy atom. The maximum Gasteiger partial charge on any atom is 0.104 e. The Kier molecular flexibility index (Phi) is 26.0. The summed E-state index contributed by atoms with van der Waals surface area (Å²) < 4.78 is 1.32. The zero-order valence-corrected chi connectivity index (χ0v) is 27.5. The van der Waals surface area contributed by atoms with Crippen LogP contribution < -0.4 is 0 Å². The number of rotatable bonds is 32. The molecule has 0 atom stereocenters. The van der Waals surface area contributed by atoms with E-state index in [0.717, 1.165) is 0 Å². The van der Waals surface area contributed by atoms with Crippen molar-refractivity contribution in [3.05, 3.63) is 73.9 Å². The minimum Gasteiger partial charge on any atom is -0.320 e. The zero-order chi connectivity index (χ0) is 29.5. The second-order valence-corrected chi connectivity index (χ2v) is 12.8. The van der Waals surface area contributed by atoms with E-state index in [1.807, 2.05) is 0 Å². The standard InChI is InChI=1S/C40H70N/c1-4-7-10-13-16-19-22-25-31-36-41(39-40-34-29-28-30-35-40,37-32-26-23-20-17-14-11-8-5-2)38-33-27-24-21-18-15-12-9-6-3/h4-6,28-30,34-35H,1-3,7-27,31-33,36-39H2/q+1. The number of unbranched alkanes of at least 4 members (excludes halogenated alkanes) is 21. The van der Waals surface area contributed by atoms with Crippen molar-refractivity contribution in [3.63, 3.8) is 0 Å². The molecule has 0 saturated carbocycles. The lowest BCUT2D eigenvalue weighted by molar-refractivity contribution is -0.941. The molecule has 41 heavy (non-hydrogen) atoms. The number of hydrogen-bond donors (Lipinski definition) is 0. The lowest BCUT2D eigenvalue weighted by Gasteiger charge is -2.39. The van der Waals surface area contributed by atoms with Gasteiger partial charge in [-0.05, 0) is 77.0 Å². The van der Waals surface area contributed by atoms with Gasteiger partial charge in [0.15, 0.2) is 0 Å². The third-order valence-electron chi connectivity index (χ3n) is 8.98. The van der Waals surface area contributed by atoms with Gasteiger partial charge < -0.3 is 4.48 Å². The fourth-order valence-electron chi connectivity index (χ4n) is 6.40. The Bertz CT molecular complexity index is 640. The first-order valence-electron chi connectivity index (χ1n) is 18.0. The molecule has 1 nitrogen and oxygen atoms in total. The van der Waals surface area contributed by atoms with Crippen molar-refractivity contribution >= 4 is 0 Å². The van der Waals surface area contributed by atoms with Crippen molar-refractivity contribution < 1.29 is 4.48 Å². The third-order valence-corrected chi connectivity index (χ3v) is 8.98. The molecule has 0 saturated heterocycles. The molecular formula is C40H70N+. The average molecular weight is 565 g/mol. The molecule has 0 aliphatic heterocycles. The van der Waals surface area contributed by atoms with Gasteiger partial charge in [0, 0.05) is 5.56 Å². The molecule has 0 N–H and O–H groups in total. The van der Waals surface area contributed by atoms with Gasteiger partial charge >= 0.3 is 0 Å². The Labute approximate surface area is 258 Å². The summed E-state index contributed by atoms with van der Waals surface area (Å²) in [4.78, 5) is 0. The van der Waals surface area contributed by atoms with Crippen LogP contribution in [0.5, 0.6) is 0 Å². The Morgan fingerprint density at radius 2 is 0.683 bits per heavy atom. The summed E-state index contributed by atoms with van der Waals surface area (Å²) in [6.45, 7) is 16.9. The van der Waals surface area contributed by atoms with Crippen LogP contribution in [0.2, 0.25) is 0 Å². The Balaban J connectivity index is 2.62. The summed E-state index contributed by atoms with van der Waals surface area (Å²) >= 11 is 0. The van der Waals surface area contributed by atoms with Crippen molar-refractivity contribution in [2.75, 3.05) is 19.6 Å². The molecule has 0 heterocycles. The van der Waals surface area contributed by atoms with Crippen LogP contribution >= 0.6 is 0 Å². The lowest BCUT2D eigenvalue weighted by atomic mass is 10.0. The van der Waals surface area contributed by atoms with E-state index in [1.165, 1.54) is 185 Å². The Hall–Kier alpha value is -1.60. The molecule has 0 aromatic heterocycles. The monoisotopic (exact) mass is 565 g/mol. The summed E-state index contributed by atoms with van der Waals surface area (Å²) in [6, 6.07) is 11.4. The van der Waals surface area contributed by atoms with E-state index in [2.05, 4.69) is 68.3 Å². The number of nitrogens with zero attached hydrogens (tertiary/aromatic N) is 1. The first-order chi connectivity index (χ1) is 20.3. The first-order valence-corrected chi connectivity index (χ1v) is 18.0. The SMILES string of the molecule is C=CCCCCCCCCC[N+](CCCCCCCCCC=C)(CCCCCCCCCC=C)Cc1ccccc1. The molecule has 1 rings (SSSR count). The van der Waals surface area contributed by atoms with Crippen LogP contribution in [0.3, 0.4) is 0 Å². The van der Waals surface area contributed by atoms with Crippen molar-refractivity contribution in [1.29, 1.82) is 0 Å². The van der Waals surface area contributed by atoms with Gasteiger partial charge in [-0.2, -0.15) is 0 Å². The Morgan fingerprint density at radius 1 is 0.390 bits per heavy atom. The third kappa shape index (κ3) is 22.6. The lowest BCUT2D eigenvalue weighted by Crippen LogP contribution is -2.49. The van der Waals surface area contributed by atoms with Crippen LogP contribution in [-0.4, -0.2) is 24.1 Å². The van der Waals surface area contributed by atoms with Crippen LogP contribution in [0.15, 0.2) is 68.3 Å². The van der Waals surface area contributed by atoms with E-state index in [4.69, 9.17) is 0 Å². The predicted molar refractivity (Wildman–Crippen MR) is 186 cm³/mol. The van der Waals surface area contributed by atoms with Gasteiger partial charge in [0.05, 0.1) is 19.6 Å². The molecule has 0 unspecified atom stereocenters. The van der Waals surface area contributed by atoms with Crippen LogP contribution in [0.1, 0.15) is 160 Å². The highest BCUT2D eigenvalue weighted by molar-refractivity contribution is 5.13. The van der Waals surface area contributed by atoms with Crippen molar-refractivity contribution in [3.8, 4) is 0 Å². The normalized spacial score (nSPS) is 11.5. The maximum atomic E-state index is 3.86. The second-order valence-electron chi connectivity index (χ2n) is 12.8. The van der Waals surface area contributed by atoms with Gasteiger partial charge in [-0.15, -0.1) is 19.7 Å². The van der Waals surface area contributed by atoms with Gasteiger partial charge in [0.1, 0.15) is 6.54 Å². The largest absolute Gasteiger partial charge is 0.320 e. The molecule has 0 radical (unpaired) electrons. The van der Waals surface area contributed by atoms with E-state index in [1.54, 1.807) is 5.56 Å². The maximum absolute atomic E-state index is 3.86. The molecule has 0 amide bonds. The highest BCUT2D eigenvalue weighted by Gasteiger charge is 2.26. The number of benzene rings is 1. The van der Waals surface area contributed by atoms with Crippen LogP contribution in [0.25, 0.3) is 0 Å². The number of allylic oxidation sites excluding steroid dienone is 3. The van der Waals surface area contributed by atoms with Crippen molar-refractivity contribution in [2.24, 2.45) is 0 Å². The molecule has 234 valence electrons. The van der Waals surface area contributed by atoms with Crippen molar-refractivity contribution in [1.82, 2.24) is 0 Å². The van der Waals surface area contributed by atoms with Crippen LogP contribution in [0, 0.1) is 0 Å². The highest BCUT2D eigenvalue weighted by atomic mass is 15.3. The second kappa shape index (κ2) is 28.5. The molecule has 0 spiro atoms. The molecule has 1 aromatic rings. The summed E-state index contributed by atoms with van der Waals surface area (Å²) in [5, 5.41) is 0. The smallest absolute Gasteiger partial charge is 0.104 e. The highest BCUT2D eigenvalue weighted by Crippen LogP contribution is 2.23. The molecular weight excluding hydrogens is 494 g/mol. The number of hydrogen-bond acceptors (Lipinski definition) is 0. The molecule has 0 aliphatic rings. The summed E-state index contributed by atoms with van der Waals surface area (Å²) in [5.41, 5.74) is 1.54. The van der Waals surface area contributed by atoms with Crippen LogP contribution in [-0.2, 0) is 6.54 Å². The van der Waals surface area contributed by atoms with Gasteiger partial charge in [0.25, 0.3) is 0 Å². The van der Waals surface area contributed by atoms with Gasteiger partial charge in [-0.25, -0.2) is 0 Å². The minimum absolute atomic E-state index is 1.18. The molecule has 0 fully saturated rings. The topological polar surface area (TPSA) is 0 Å². The van der Waals surface area contributed by atoms with E-state index in [-0.39, 0.29) is 0 Å². The zero-order valence-electron chi connectivity index (χ0n) is 27.5. The van der Waals surface area contributed by atoms with E-state index in [9.17, 15) is 0 Å². The summed E-state index contributed by atoms with van der Waals surface area (Å²) in [6.07, 6.45) is 39.0. The minimum atomic E-state index is 1.18. The fourth-order valence-corrected chi connectivity index (χ4v) is 6.40. The van der Waals surface area contributed by atoms with Gasteiger partial charge in [-0.3, -0.25) is 0 Å². The van der Waals surface area contributed by atoms with Gasteiger partial charge in [0.2, 0.25) is 0 Å². The van der Waals surface area contributed by atoms with E-state index >= 15 is 0 Å². The predicted octanol–water partition coefficient (Wildman–Crippen LogP) is 12.9. The molecule has 1 heteroatoms. The first kappa shape index (κ1) is 37.4. The molecule has 0 aliphatic carbocycles. The summed E-state index contributed by atoms with van der Waals surface area (Å²) in [7, 11) is 0. The molecule has 0 bridgehead atoms.